The van der Waals surface area contributed by atoms with E-state index in [9.17, 15) is 0 Å². The Morgan fingerprint density at radius 1 is 1.25 bits per heavy atom. The van der Waals surface area contributed by atoms with Crippen LogP contribution in [0.25, 0.3) is 0 Å². The van der Waals surface area contributed by atoms with Crippen molar-refractivity contribution in [1.29, 1.82) is 0 Å². The van der Waals surface area contributed by atoms with E-state index in [4.69, 9.17) is 10.6 Å². The predicted molar refractivity (Wildman–Crippen MR) is 83.6 cm³/mol. The average molecular weight is 336 g/mol. The first-order valence-corrected chi connectivity index (χ1v) is 7.08. The number of aryl methyl sites for hydroxylation is 2. The Morgan fingerprint density at radius 2 is 2.00 bits per heavy atom. The second-order valence-electron chi connectivity index (χ2n) is 4.68. The molecule has 0 saturated heterocycles. The number of nitrogens with two attached hydrogens (primary N) is 1. The molecule has 1 atom stereocenters. The molecule has 1 aromatic heterocycles. The summed E-state index contributed by atoms with van der Waals surface area (Å²) in [5.41, 5.74) is 7.00. The Morgan fingerprint density at radius 3 is 2.55 bits per heavy atom. The number of pyridine rings is 1. The molecule has 0 saturated carbocycles. The van der Waals surface area contributed by atoms with Gasteiger partial charge in [-0.3, -0.25) is 10.8 Å². The Hall–Kier alpha value is -1.43. The maximum absolute atomic E-state index is 5.73. The molecule has 0 aliphatic heterocycles. The van der Waals surface area contributed by atoms with Gasteiger partial charge in [-0.1, -0.05) is 6.07 Å². The first-order valence-electron chi connectivity index (χ1n) is 6.29. The largest absolute Gasteiger partial charge is 0.496 e. The van der Waals surface area contributed by atoms with Crippen LogP contribution in [-0.2, 0) is 0 Å². The van der Waals surface area contributed by atoms with E-state index in [1.54, 1.807) is 13.3 Å². The molecular formula is C15H18BrN3O. The van der Waals surface area contributed by atoms with Gasteiger partial charge >= 0.3 is 0 Å². The zero-order chi connectivity index (χ0) is 14.7. The maximum atomic E-state index is 5.73. The second kappa shape index (κ2) is 6.35. The Labute approximate surface area is 127 Å². The number of hydrazine groups is 1. The molecule has 2 aromatic rings. The number of aromatic nitrogens is 1. The average Bonchev–Trinajstić information content (AvgIpc) is 2.45. The van der Waals surface area contributed by atoms with Gasteiger partial charge in [0.25, 0.3) is 0 Å². The molecule has 20 heavy (non-hydrogen) atoms. The summed E-state index contributed by atoms with van der Waals surface area (Å²) >= 11 is 3.39. The van der Waals surface area contributed by atoms with Crippen molar-refractivity contribution in [2.75, 3.05) is 7.11 Å². The number of methoxy groups -OCH3 is 1. The first-order chi connectivity index (χ1) is 9.56. The van der Waals surface area contributed by atoms with Gasteiger partial charge < -0.3 is 4.74 Å². The molecule has 2 rings (SSSR count). The summed E-state index contributed by atoms with van der Waals surface area (Å²) in [5, 5.41) is 0. The van der Waals surface area contributed by atoms with E-state index in [1.807, 2.05) is 32.0 Å². The minimum atomic E-state index is -0.146. The van der Waals surface area contributed by atoms with Crippen LogP contribution in [0, 0.1) is 13.8 Å². The van der Waals surface area contributed by atoms with Crippen LogP contribution in [0.1, 0.15) is 28.4 Å². The van der Waals surface area contributed by atoms with Gasteiger partial charge in [0.1, 0.15) is 5.75 Å². The van der Waals surface area contributed by atoms with Crippen LogP contribution < -0.4 is 16.0 Å². The fourth-order valence-corrected chi connectivity index (χ4v) is 2.47. The normalized spacial score (nSPS) is 12.2. The van der Waals surface area contributed by atoms with Crippen molar-refractivity contribution >= 4 is 15.9 Å². The first kappa shape index (κ1) is 15.0. The number of rotatable bonds is 4. The van der Waals surface area contributed by atoms with Gasteiger partial charge in [-0.05, 0) is 64.7 Å². The van der Waals surface area contributed by atoms with E-state index < -0.39 is 0 Å². The summed E-state index contributed by atoms with van der Waals surface area (Å²) in [5.74, 6) is 6.61. The minimum Gasteiger partial charge on any atom is -0.496 e. The molecule has 106 valence electrons. The van der Waals surface area contributed by atoms with E-state index in [1.165, 1.54) is 0 Å². The van der Waals surface area contributed by atoms with Gasteiger partial charge in [-0.15, -0.1) is 0 Å². The highest BCUT2D eigenvalue weighted by atomic mass is 79.9. The molecule has 0 radical (unpaired) electrons. The third-order valence-corrected chi connectivity index (χ3v) is 3.78. The van der Waals surface area contributed by atoms with Crippen LogP contribution in [0.4, 0.5) is 0 Å². The minimum absolute atomic E-state index is 0.146. The number of halogens is 1. The molecule has 0 bridgehead atoms. The molecule has 0 aliphatic carbocycles. The second-order valence-corrected chi connectivity index (χ2v) is 5.60. The molecule has 3 N–H and O–H groups in total. The third kappa shape index (κ3) is 3.00. The number of ether oxygens (including phenoxy) is 1. The lowest BCUT2D eigenvalue weighted by Gasteiger charge is -2.20. The molecule has 0 aliphatic rings. The van der Waals surface area contributed by atoms with Crippen molar-refractivity contribution in [3.05, 3.63) is 57.3 Å². The number of hydrogen-bond donors (Lipinski definition) is 2. The lowest BCUT2D eigenvalue weighted by molar-refractivity contribution is 0.411. The molecule has 5 heteroatoms. The van der Waals surface area contributed by atoms with Crippen LogP contribution in [-0.4, -0.2) is 12.1 Å². The van der Waals surface area contributed by atoms with Gasteiger partial charge in [0.2, 0.25) is 0 Å². The molecule has 0 amide bonds. The van der Waals surface area contributed by atoms with Gasteiger partial charge in [-0.2, -0.15) is 0 Å². The molecular weight excluding hydrogens is 318 g/mol. The quantitative estimate of drug-likeness (QED) is 0.666. The molecule has 1 aromatic carbocycles. The summed E-state index contributed by atoms with van der Waals surface area (Å²) in [7, 11) is 1.68. The van der Waals surface area contributed by atoms with E-state index in [0.717, 1.165) is 32.6 Å². The van der Waals surface area contributed by atoms with Crippen LogP contribution in [0.2, 0.25) is 0 Å². The SMILES string of the molecule is COc1cc(C)c(C(NN)c2ccc(Br)cn2)cc1C. The van der Waals surface area contributed by atoms with Gasteiger partial charge in [0.05, 0.1) is 18.8 Å². The Kier molecular flexibility index (Phi) is 4.75. The Balaban J connectivity index is 2.46. The molecule has 1 heterocycles. The summed E-state index contributed by atoms with van der Waals surface area (Å²) in [6, 6.07) is 7.87. The van der Waals surface area contributed by atoms with E-state index in [-0.39, 0.29) is 6.04 Å². The highest BCUT2D eigenvalue weighted by Gasteiger charge is 2.17. The zero-order valence-electron chi connectivity index (χ0n) is 11.8. The molecule has 0 spiro atoms. The smallest absolute Gasteiger partial charge is 0.122 e. The summed E-state index contributed by atoms with van der Waals surface area (Å²) in [6.07, 6.45) is 1.77. The number of benzene rings is 1. The molecule has 0 fully saturated rings. The fourth-order valence-electron chi connectivity index (χ4n) is 2.24. The van der Waals surface area contributed by atoms with E-state index in [0.29, 0.717) is 0 Å². The number of nitrogens with zero attached hydrogens (tertiary/aromatic N) is 1. The summed E-state index contributed by atoms with van der Waals surface area (Å²) < 4.78 is 6.29. The summed E-state index contributed by atoms with van der Waals surface area (Å²) in [6.45, 7) is 4.06. The third-order valence-electron chi connectivity index (χ3n) is 3.31. The van der Waals surface area contributed by atoms with Crippen molar-refractivity contribution in [2.45, 2.75) is 19.9 Å². The van der Waals surface area contributed by atoms with Crippen molar-refractivity contribution in [2.24, 2.45) is 5.84 Å². The molecule has 1 unspecified atom stereocenters. The highest BCUT2D eigenvalue weighted by Crippen LogP contribution is 2.29. The van der Waals surface area contributed by atoms with Crippen molar-refractivity contribution in [3.63, 3.8) is 0 Å². The lowest BCUT2D eigenvalue weighted by atomic mass is 9.96. The number of hydrogen-bond acceptors (Lipinski definition) is 4. The Bertz CT molecular complexity index is 599. The maximum Gasteiger partial charge on any atom is 0.122 e. The van der Waals surface area contributed by atoms with Crippen LogP contribution in [0.5, 0.6) is 5.75 Å². The van der Waals surface area contributed by atoms with Crippen LogP contribution >= 0.6 is 15.9 Å². The van der Waals surface area contributed by atoms with Crippen molar-refractivity contribution < 1.29 is 4.74 Å². The van der Waals surface area contributed by atoms with E-state index in [2.05, 4.69) is 32.4 Å². The standard InChI is InChI=1S/C15H18BrN3O/c1-9-7-14(20-3)10(2)6-12(9)15(19-17)13-5-4-11(16)8-18-13/h4-8,15,19H,17H2,1-3H3. The predicted octanol–water partition coefficient (Wildman–Crippen LogP) is 3.02. The number of nitrogens with one attached hydrogen (secondary N) is 1. The fraction of sp³-hybridized carbons (Fsp3) is 0.267. The van der Waals surface area contributed by atoms with Gasteiger partial charge in [-0.25, -0.2) is 5.43 Å². The lowest BCUT2D eigenvalue weighted by Crippen LogP contribution is -2.30. The van der Waals surface area contributed by atoms with Crippen molar-refractivity contribution in [3.8, 4) is 5.75 Å². The highest BCUT2D eigenvalue weighted by molar-refractivity contribution is 9.10. The monoisotopic (exact) mass is 335 g/mol. The van der Waals surface area contributed by atoms with Crippen LogP contribution in [0.3, 0.4) is 0 Å². The van der Waals surface area contributed by atoms with Crippen molar-refractivity contribution in [1.82, 2.24) is 10.4 Å². The van der Waals surface area contributed by atoms with Crippen LogP contribution in [0.15, 0.2) is 34.9 Å². The topological polar surface area (TPSA) is 60.2 Å². The van der Waals surface area contributed by atoms with E-state index >= 15 is 0 Å². The zero-order valence-corrected chi connectivity index (χ0v) is 13.4. The van der Waals surface area contributed by atoms with Gasteiger partial charge in [0, 0.05) is 10.7 Å². The summed E-state index contributed by atoms with van der Waals surface area (Å²) in [4.78, 5) is 4.42. The van der Waals surface area contributed by atoms with Gasteiger partial charge in [0.15, 0.2) is 0 Å². The molecule has 4 nitrogen and oxygen atoms in total.